The SMILES string of the molecule is CCC1CC1Nc1nc(N)nc(N(C)C)n1. The van der Waals surface area contributed by atoms with Gasteiger partial charge < -0.3 is 16.0 Å². The van der Waals surface area contributed by atoms with Crippen molar-refractivity contribution in [1.29, 1.82) is 0 Å². The second-order valence-electron chi connectivity index (χ2n) is 4.37. The molecule has 1 aliphatic carbocycles. The van der Waals surface area contributed by atoms with Crippen LogP contribution < -0.4 is 16.0 Å². The van der Waals surface area contributed by atoms with Crippen molar-refractivity contribution in [1.82, 2.24) is 15.0 Å². The van der Waals surface area contributed by atoms with E-state index in [1.54, 1.807) is 0 Å². The summed E-state index contributed by atoms with van der Waals surface area (Å²) >= 11 is 0. The number of nitrogen functional groups attached to an aromatic ring is 1. The monoisotopic (exact) mass is 222 g/mol. The second kappa shape index (κ2) is 4.11. The predicted octanol–water partition coefficient (Wildman–Crippen LogP) is 0.730. The molecule has 0 radical (unpaired) electrons. The Hall–Kier alpha value is -1.59. The van der Waals surface area contributed by atoms with E-state index in [4.69, 9.17) is 5.73 Å². The molecule has 0 aromatic carbocycles. The summed E-state index contributed by atoms with van der Waals surface area (Å²) in [7, 11) is 3.76. The minimum atomic E-state index is 0.259. The van der Waals surface area contributed by atoms with E-state index >= 15 is 0 Å². The van der Waals surface area contributed by atoms with Gasteiger partial charge in [0.2, 0.25) is 17.8 Å². The van der Waals surface area contributed by atoms with Crippen molar-refractivity contribution < 1.29 is 0 Å². The molecule has 0 saturated heterocycles. The van der Waals surface area contributed by atoms with Crippen LogP contribution in [0.3, 0.4) is 0 Å². The summed E-state index contributed by atoms with van der Waals surface area (Å²) in [6.07, 6.45) is 2.39. The molecule has 1 fully saturated rings. The highest BCUT2D eigenvalue weighted by Gasteiger charge is 2.35. The van der Waals surface area contributed by atoms with Crippen molar-refractivity contribution in [3.05, 3.63) is 0 Å². The maximum atomic E-state index is 5.63. The number of hydrogen-bond donors (Lipinski definition) is 2. The number of nitrogens with one attached hydrogen (secondary N) is 1. The molecule has 6 heteroatoms. The third-order valence-corrected chi connectivity index (χ3v) is 2.80. The van der Waals surface area contributed by atoms with Gasteiger partial charge in [0.25, 0.3) is 0 Å². The van der Waals surface area contributed by atoms with Crippen LogP contribution in [0.25, 0.3) is 0 Å². The second-order valence-corrected chi connectivity index (χ2v) is 4.37. The summed E-state index contributed by atoms with van der Waals surface area (Å²) in [6, 6.07) is 0.502. The van der Waals surface area contributed by atoms with Crippen molar-refractivity contribution in [2.24, 2.45) is 5.92 Å². The highest BCUT2D eigenvalue weighted by atomic mass is 15.3. The Morgan fingerprint density at radius 1 is 1.38 bits per heavy atom. The fraction of sp³-hybridized carbons (Fsp3) is 0.700. The van der Waals surface area contributed by atoms with Crippen LogP contribution in [0.5, 0.6) is 0 Å². The quantitative estimate of drug-likeness (QED) is 0.781. The molecule has 1 heterocycles. The van der Waals surface area contributed by atoms with Crippen molar-refractivity contribution in [3.8, 4) is 0 Å². The van der Waals surface area contributed by atoms with Crippen molar-refractivity contribution in [3.63, 3.8) is 0 Å². The van der Waals surface area contributed by atoms with Gasteiger partial charge in [0.1, 0.15) is 0 Å². The molecule has 16 heavy (non-hydrogen) atoms. The molecular formula is C10H18N6. The van der Waals surface area contributed by atoms with Gasteiger partial charge in [0.15, 0.2) is 0 Å². The lowest BCUT2D eigenvalue weighted by Gasteiger charge is -2.12. The molecule has 0 amide bonds. The molecule has 2 rings (SSSR count). The van der Waals surface area contributed by atoms with Crippen LogP contribution in [-0.4, -0.2) is 35.1 Å². The van der Waals surface area contributed by atoms with Gasteiger partial charge in [0.05, 0.1) is 0 Å². The normalized spacial score (nSPS) is 22.9. The van der Waals surface area contributed by atoms with E-state index in [1.165, 1.54) is 12.8 Å². The lowest BCUT2D eigenvalue weighted by Crippen LogP contribution is -2.17. The van der Waals surface area contributed by atoms with E-state index < -0.39 is 0 Å². The predicted molar refractivity (Wildman–Crippen MR) is 64.4 cm³/mol. The summed E-state index contributed by atoms with van der Waals surface area (Å²) in [5, 5.41) is 3.28. The van der Waals surface area contributed by atoms with Crippen LogP contribution in [0.1, 0.15) is 19.8 Å². The molecule has 88 valence electrons. The van der Waals surface area contributed by atoms with E-state index in [0.29, 0.717) is 17.9 Å². The maximum absolute atomic E-state index is 5.63. The van der Waals surface area contributed by atoms with E-state index in [0.717, 1.165) is 5.92 Å². The van der Waals surface area contributed by atoms with Crippen molar-refractivity contribution in [2.75, 3.05) is 30.0 Å². The Labute approximate surface area is 95.3 Å². The highest BCUT2D eigenvalue weighted by molar-refractivity contribution is 5.42. The summed E-state index contributed by atoms with van der Waals surface area (Å²) in [4.78, 5) is 14.2. The number of nitrogens with two attached hydrogens (primary N) is 1. The zero-order chi connectivity index (χ0) is 11.7. The Balaban J connectivity index is 2.09. The Bertz CT molecular complexity index is 378. The minimum absolute atomic E-state index is 0.259. The first-order valence-corrected chi connectivity index (χ1v) is 5.55. The number of anilines is 3. The van der Waals surface area contributed by atoms with E-state index in [9.17, 15) is 0 Å². The van der Waals surface area contributed by atoms with Gasteiger partial charge in [-0.2, -0.15) is 15.0 Å². The molecule has 0 bridgehead atoms. The molecule has 1 aliphatic rings. The van der Waals surface area contributed by atoms with Crippen LogP contribution in [0.2, 0.25) is 0 Å². The zero-order valence-electron chi connectivity index (χ0n) is 9.94. The molecule has 1 saturated carbocycles. The third kappa shape index (κ3) is 2.32. The molecule has 6 nitrogen and oxygen atoms in total. The van der Waals surface area contributed by atoms with Crippen LogP contribution in [0.15, 0.2) is 0 Å². The van der Waals surface area contributed by atoms with Crippen LogP contribution in [-0.2, 0) is 0 Å². The van der Waals surface area contributed by atoms with Gasteiger partial charge in [-0.05, 0) is 12.3 Å². The Morgan fingerprint density at radius 3 is 2.69 bits per heavy atom. The van der Waals surface area contributed by atoms with Gasteiger partial charge >= 0.3 is 0 Å². The largest absolute Gasteiger partial charge is 0.368 e. The van der Waals surface area contributed by atoms with Gasteiger partial charge in [-0.25, -0.2) is 0 Å². The summed E-state index contributed by atoms with van der Waals surface area (Å²) in [5.74, 6) is 2.18. The van der Waals surface area contributed by atoms with Crippen molar-refractivity contribution >= 4 is 17.8 Å². The molecule has 1 aromatic rings. The maximum Gasteiger partial charge on any atom is 0.231 e. The molecule has 0 aliphatic heterocycles. The molecular weight excluding hydrogens is 204 g/mol. The van der Waals surface area contributed by atoms with Crippen LogP contribution in [0, 0.1) is 5.92 Å². The van der Waals surface area contributed by atoms with Gasteiger partial charge in [-0.1, -0.05) is 13.3 Å². The first-order valence-electron chi connectivity index (χ1n) is 5.55. The first-order chi connectivity index (χ1) is 7.60. The van der Waals surface area contributed by atoms with E-state index in [2.05, 4.69) is 27.2 Å². The molecule has 2 unspecified atom stereocenters. The molecule has 0 spiro atoms. The van der Waals surface area contributed by atoms with Gasteiger partial charge in [0, 0.05) is 20.1 Å². The van der Waals surface area contributed by atoms with E-state index in [-0.39, 0.29) is 5.95 Å². The lowest BCUT2D eigenvalue weighted by atomic mass is 10.3. The van der Waals surface area contributed by atoms with Crippen LogP contribution in [0.4, 0.5) is 17.8 Å². The minimum Gasteiger partial charge on any atom is -0.368 e. The van der Waals surface area contributed by atoms with Gasteiger partial charge in [-0.15, -0.1) is 0 Å². The third-order valence-electron chi connectivity index (χ3n) is 2.80. The van der Waals surface area contributed by atoms with Crippen LogP contribution >= 0.6 is 0 Å². The fourth-order valence-corrected chi connectivity index (χ4v) is 1.69. The van der Waals surface area contributed by atoms with Gasteiger partial charge in [-0.3, -0.25) is 0 Å². The Morgan fingerprint density at radius 2 is 2.12 bits per heavy atom. The lowest BCUT2D eigenvalue weighted by molar-refractivity contribution is 0.770. The molecule has 1 aromatic heterocycles. The zero-order valence-corrected chi connectivity index (χ0v) is 9.94. The number of hydrogen-bond acceptors (Lipinski definition) is 6. The highest BCUT2D eigenvalue weighted by Crippen LogP contribution is 2.35. The Kier molecular flexibility index (Phi) is 2.80. The average Bonchev–Trinajstić information content (AvgIpc) is 2.95. The summed E-state index contributed by atoms with van der Waals surface area (Å²) in [6.45, 7) is 2.19. The number of nitrogens with zero attached hydrogens (tertiary/aromatic N) is 4. The standard InChI is InChI=1S/C10H18N6/c1-4-6-5-7(6)12-9-13-8(11)14-10(15-9)16(2)3/h6-7H,4-5H2,1-3H3,(H3,11,12,13,14,15). The summed E-state index contributed by atoms with van der Waals surface area (Å²) in [5.41, 5.74) is 5.63. The molecule has 3 N–H and O–H groups in total. The van der Waals surface area contributed by atoms with E-state index in [1.807, 2.05) is 19.0 Å². The topological polar surface area (TPSA) is 80.0 Å². The number of aromatic nitrogens is 3. The summed E-state index contributed by atoms with van der Waals surface area (Å²) < 4.78 is 0. The first kappa shape index (κ1) is 10.9. The van der Waals surface area contributed by atoms with Crippen molar-refractivity contribution in [2.45, 2.75) is 25.8 Å². The average molecular weight is 222 g/mol. The smallest absolute Gasteiger partial charge is 0.231 e. The molecule has 2 atom stereocenters. The fourth-order valence-electron chi connectivity index (χ4n) is 1.69. The number of rotatable bonds is 4.